The Kier molecular flexibility index (Phi) is 4.17. The van der Waals surface area contributed by atoms with E-state index in [0.29, 0.717) is 11.8 Å². The normalized spacial score (nSPS) is 30.5. The van der Waals surface area contributed by atoms with Gasteiger partial charge in [-0.2, -0.15) is 11.8 Å². The Balaban J connectivity index is 1.40. The van der Waals surface area contributed by atoms with Crippen molar-refractivity contribution < 1.29 is 9.53 Å². The number of hydrogen-bond acceptors (Lipinski definition) is 5. The minimum Gasteiger partial charge on any atom is -0.377 e. The summed E-state index contributed by atoms with van der Waals surface area (Å²) in [5.74, 6) is 2.25. The number of thioether (sulfide) groups is 1. The highest BCUT2D eigenvalue weighted by atomic mass is 32.2. The Labute approximate surface area is 139 Å². The number of amides is 1. The molecule has 120 valence electrons. The second kappa shape index (κ2) is 6.13. The van der Waals surface area contributed by atoms with Gasteiger partial charge >= 0.3 is 0 Å². The van der Waals surface area contributed by atoms with Crippen LogP contribution in [0.15, 0.2) is 11.6 Å². The van der Waals surface area contributed by atoms with E-state index in [2.05, 4.69) is 4.98 Å². The topological polar surface area (TPSA) is 42.4 Å². The molecular weight excluding hydrogens is 316 g/mol. The average molecular weight is 338 g/mol. The molecule has 2 saturated heterocycles. The van der Waals surface area contributed by atoms with E-state index in [4.69, 9.17) is 4.74 Å². The molecule has 1 amide bonds. The maximum atomic E-state index is 12.8. The lowest BCUT2D eigenvalue weighted by Crippen LogP contribution is -2.42. The van der Waals surface area contributed by atoms with Gasteiger partial charge in [-0.25, -0.2) is 4.98 Å². The van der Waals surface area contributed by atoms with E-state index in [1.807, 2.05) is 28.2 Å². The van der Waals surface area contributed by atoms with Crippen molar-refractivity contribution in [3.8, 4) is 0 Å². The summed E-state index contributed by atoms with van der Waals surface area (Å²) >= 11 is 3.58. The molecule has 22 heavy (non-hydrogen) atoms. The smallest absolute Gasteiger partial charge is 0.225 e. The molecule has 3 heterocycles. The maximum Gasteiger partial charge on any atom is 0.225 e. The van der Waals surface area contributed by atoms with Crippen LogP contribution in [0, 0.1) is 5.41 Å². The molecule has 0 N–H and O–H groups in total. The third-order valence-electron chi connectivity index (χ3n) is 5.29. The first kappa shape index (κ1) is 15.0. The molecule has 1 spiro atoms. The second-order valence-electron chi connectivity index (χ2n) is 6.74. The zero-order valence-electron chi connectivity index (χ0n) is 12.7. The lowest BCUT2D eigenvalue weighted by Gasteiger charge is -2.37. The van der Waals surface area contributed by atoms with Gasteiger partial charge in [0.25, 0.3) is 0 Å². The number of carbonyl (C=O) groups is 1. The van der Waals surface area contributed by atoms with Crippen LogP contribution in [-0.4, -0.2) is 46.6 Å². The first-order valence-electron chi connectivity index (χ1n) is 8.14. The van der Waals surface area contributed by atoms with Crippen molar-refractivity contribution in [1.82, 2.24) is 9.88 Å². The van der Waals surface area contributed by atoms with Crippen LogP contribution in [0.25, 0.3) is 0 Å². The van der Waals surface area contributed by atoms with Crippen LogP contribution in [0.5, 0.6) is 0 Å². The standard InChI is InChI=1S/C16H22N2O2S2/c19-14(8-12-9-16(11-20-12)2-1-3-16)18-5-7-21-10-13(18)15-17-4-6-22-15/h4,6,12-13H,1-3,5,7-11H2. The third kappa shape index (κ3) is 2.81. The molecule has 4 rings (SSSR count). The molecule has 3 aliphatic rings. The van der Waals surface area contributed by atoms with Gasteiger partial charge in [-0.15, -0.1) is 11.3 Å². The summed E-state index contributed by atoms with van der Waals surface area (Å²) in [6.07, 6.45) is 7.53. The Bertz CT molecular complexity index is 530. The van der Waals surface area contributed by atoms with E-state index < -0.39 is 0 Å². The Morgan fingerprint density at radius 2 is 2.41 bits per heavy atom. The fourth-order valence-corrected chi connectivity index (χ4v) is 5.78. The molecule has 0 bridgehead atoms. The van der Waals surface area contributed by atoms with E-state index in [-0.39, 0.29) is 18.1 Å². The average Bonchev–Trinajstić information content (AvgIpc) is 3.16. The van der Waals surface area contributed by atoms with Gasteiger partial charge in [-0.3, -0.25) is 4.79 Å². The van der Waals surface area contributed by atoms with Gasteiger partial charge in [-0.1, -0.05) is 6.42 Å². The van der Waals surface area contributed by atoms with Gasteiger partial charge in [0.2, 0.25) is 5.91 Å². The molecule has 6 heteroatoms. The molecular formula is C16H22N2O2S2. The van der Waals surface area contributed by atoms with Gasteiger partial charge in [0, 0.05) is 29.6 Å². The zero-order chi connectivity index (χ0) is 15.0. The van der Waals surface area contributed by atoms with E-state index in [1.54, 1.807) is 11.3 Å². The fourth-order valence-electron chi connectivity index (χ4n) is 3.87. The van der Waals surface area contributed by atoms with E-state index in [9.17, 15) is 4.79 Å². The van der Waals surface area contributed by atoms with Crippen molar-refractivity contribution in [3.05, 3.63) is 16.6 Å². The highest BCUT2D eigenvalue weighted by Gasteiger charge is 2.45. The van der Waals surface area contributed by atoms with Crippen LogP contribution in [0.2, 0.25) is 0 Å². The van der Waals surface area contributed by atoms with Crippen molar-refractivity contribution in [1.29, 1.82) is 0 Å². The number of ether oxygens (including phenoxy) is 1. The zero-order valence-corrected chi connectivity index (χ0v) is 14.3. The summed E-state index contributed by atoms with van der Waals surface area (Å²) in [5.41, 5.74) is 0.428. The second-order valence-corrected chi connectivity index (χ2v) is 8.82. The summed E-state index contributed by atoms with van der Waals surface area (Å²) in [6, 6.07) is 0.158. The van der Waals surface area contributed by atoms with Crippen molar-refractivity contribution >= 4 is 29.0 Å². The largest absolute Gasteiger partial charge is 0.377 e. The van der Waals surface area contributed by atoms with Crippen LogP contribution >= 0.6 is 23.1 Å². The molecule has 3 fully saturated rings. The van der Waals surface area contributed by atoms with Gasteiger partial charge in [-0.05, 0) is 24.7 Å². The molecule has 2 atom stereocenters. The number of nitrogens with zero attached hydrogens (tertiary/aromatic N) is 2. The quantitative estimate of drug-likeness (QED) is 0.849. The van der Waals surface area contributed by atoms with Crippen LogP contribution in [0.4, 0.5) is 0 Å². The molecule has 1 aromatic heterocycles. The van der Waals surface area contributed by atoms with Crippen LogP contribution in [0.1, 0.15) is 43.2 Å². The van der Waals surface area contributed by atoms with Gasteiger partial charge in [0.1, 0.15) is 5.01 Å². The summed E-state index contributed by atoms with van der Waals surface area (Å²) in [7, 11) is 0. The molecule has 1 saturated carbocycles. The van der Waals surface area contributed by atoms with Crippen molar-refractivity contribution in [2.45, 2.75) is 44.2 Å². The van der Waals surface area contributed by atoms with Crippen LogP contribution in [-0.2, 0) is 9.53 Å². The molecule has 2 aliphatic heterocycles. The molecule has 4 nitrogen and oxygen atoms in total. The molecule has 2 unspecified atom stereocenters. The maximum absolute atomic E-state index is 12.8. The Morgan fingerprint density at radius 1 is 1.50 bits per heavy atom. The summed E-state index contributed by atoms with van der Waals surface area (Å²) in [4.78, 5) is 19.3. The summed E-state index contributed by atoms with van der Waals surface area (Å²) in [6.45, 7) is 1.71. The number of aromatic nitrogens is 1. The lowest BCUT2D eigenvalue weighted by molar-refractivity contribution is -0.135. The van der Waals surface area contributed by atoms with E-state index in [1.165, 1.54) is 19.3 Å². The van der Waals surface area contributed by atoms with Crippen LogP contribution in [0.3, 0.4) is 0 Å². The van der Waals surface area contributed by atoms with E-state index >= 15 is 0 Å². The van der Waals surface area contributed by atoms with Crippen molar-refractivity contribution in [2.24, 2.45) is 5.41 Å². The predicted molar refractivity (Wildman–Crippen MR) is 89.2 cm³/mol. The van der Waals surface area contributed by atoms with E-state index in [0.717, 1.165) is 36.1 Å². The summed E-state index contributed by atoms with van der Waals surface area (Å²) < 4.78 is 5.93. The fraction of sp³-hybridized carbons (Fsp3) is 0.750. The Hall–Kier alpha value is -0.590. The number of rotatable bonds is 3. The molecule has 0 aromatic carbocycles. The minimum atomic E-state index is 0.138. The highest BCUT2D eigenvalue weighted by Crippen LogP contribution is 2.49. The van der Waals surface area contributed by atoms with Gasteiger partial charge in [0.15, 0.2) is 0 Å². The number of thiazole rings is 1. The van der Waals surface area contributed by atoms with Crippen molar-refractivity contribution in [2.75, 3.05) is 24.7 Å². The Morgan fingerprint density at radius 3 is 3.09 bits per heavy atom. The van der Waals surface area contributed by atoms with Crippen molar-refractivity contribution in [3.63, 3.8) is 0 Å². The SMILES string of the molecule is O=C(CC1CC2(CCC2)CO1)N1CCSCC1c1nccs1. The lowest BCUT2D eigenvalue weighted by atomic mass is 9.67. The first-order chi connectivity index (χ1) is 10.8. The predicted octanol–water partition coefficient (Wildman–Crippen LogP) is 3.11. The minimum absolute atomic E-state index is 0.138. The summed E-state index contributed by atoms with van der Waals surface area (Å²) in [5, 5.41) is 3.07. The molecule has 0 radical (unpaired) electrons. The van der Waals surface area contributed by atoms with Gasteiger partial charge in [0.05, 0.1) is 25.2 Å². The van der Waals surface area contributed by atoms with Gasteiger partial charge < -0.3 is 9.64 Å². The molecule has 1 aliphatic carbocycles. The number of carbonyl (C=O) groups excluding carboxylic acids is 1. The monoisotopic (exact) mass is 338 g/mol. The number of hydrogen-bond donors (Lipinski definition) is 0. The molecule has 1 aromatic rings. The third-order valence-corrected chi connectivity index (χ3v) is 7.19. The highest BCUT2D eigenvalue weighted by molar-refractivity contribution is 7.99. The first-order valence-corrected chi connectivity index (χ1v) is 10.2. The van der Waals surface area contributed by atoms with Crippen LogP contribution < -0.4 is 0 Å².